The van der Waals surface area contributed by atoms with Crippen LogP contribution >= 0.6 is 15.9 Å². The molecule has 4 rings (SSSR count). The second kappa shape index (κ2) is 11.5. The van der Waals surface area contributed by atoms with Crippen molar-refractivity contribution in [3.8, 4) is 11.5 Å². The summed E-state index contributed by atoms with van der Waals surface area (Å²) >= 11 is 3.57. The van der Waals surface area contributed by atoms with E-state index in [1.165, 1.54) is 5.39 Å². The van der Waals surface area contributed by atoms with Crippen molar-refractivity contribution in [3.63, 3.8) is 0 Å². The summed E-state index contributed by atoms with van der Waals surface area (Å²) in [6.45, 7) is 2.53. The van der Waals surface area contributed by atoms with Gasteiger partial charge in [-0.2, -0.15) is 5.10 Å². The molecular weight excluding hydrogens is 506 g/mol. The number of nitrogens with zero attached hydrogens (tertiary/aromatic N) is 1. The van der Waals surface area contributed by atoms with Crippen LogP contribution in [-0.4, -0.2) is 25.8 Å². The number of benzene rings is 4. The molecule has 0 spiro atoms. The first-order chi connectivity index (χ1) is 17.0. The number of anilines is 1. The van der Waals surface area contributed by atoms with E-state index in [1.807, 2.05) is 61.5 Å². The fourth-order valence-electron chi connectivity index (χ4n) is 3.59. The number of fused-ring (bicyclic) bond motifs is 1. The third-order valence-corrected chi connectivity index (χ3v) is 6.00. The average Bonchev–Trinajstić information content (AvgIpc) is 2.87. The number of amides is 1. The Bertz CT molecular complexity index is 1350. The van der Waals surface area contributed by atoms with E-state index in [9.17, 15) is 4.79 Å². The van der Waals surface area contributed by atoms with Gasteiger partial charge in [0.1, 0.15) is 6.61 Å². The third-order valence-electron chi connectivity index (χ3n) is 5.41. The lowest BCUT2D eigenvalue weighted by Gasteiger charge is -2.14. The minimum Gasteiger partial charge on any atom is -0.493 e. The van der Waals surface area contributed by atoms with Gasteiger partial charge >= 0.3 is 0 Å². The van der Waals surface area contributed by atoms with Gasteiger partial charge in [0.2, 0.25) is 0 Å². The predicted molar refractivity (Wildman–Crippen MR) is 144 cm³/mol. The van der Waals surface area contributed by atoms with Gasteiger partial charge in [0.15, 0.2) is 11.5 Å². The molecule has 2 N–H and O–H groups in total. The molecule has 7 heteroatoms. The lowest BCUT2D eigenvalue weighted by atomic mass is 10.1. The molecule has 0 saturated heterocycles. The molecule has 1 amide bonds. The van der Waals surface area contributed by atoms with Crippen LogP contribution in [0, 0.1) is 6.92 Å². The molecule has 0 aliphatic heterocycles. The van der Waals surface area contributed by atoms with Crippen molar-refractivity contribution in [2.75, 3.05) is 19.0 Å². The van der Waals surface area contributed by atoms with Crippen LogP contribution in [0.25, 0.3) is 10.8 Å². The summed E-state index contributed by atoms with van der Waals surface area (Å²) in [7, 11) is 1.59. The number of methoxy groups -OCH3 is 1. The van der Waals surface area contributed by atoms with E-state index in [-0.39, 0.29) is 12.5 Å². The van der Waals surface area contributed by atoms with Crippen LogP contribution in [0.2, 0.25) is 0 Å². The monoisotopic (exact) mass is 531 g/mol. The van der Waals surface area contributed by atoms with Crippen molar-refractivity contribution in [1.29, 1.82) is 0 Å². The number of carbonyl (C=O) groups is 1. The van der Waals surface area contributed by atoms with Crippen molar-refractivity contribution in [1.82, 2.24) is 5.43 Å². The van der Waals surface area contributed by atoms with E-state index < -0.39 is 0 Å². The van der Waals surface area contributed by atoms with E-state index in [4.69, 9.17) is 9.47 Å². The molecule has 0 aromatic heterocycles. The van der Waals surface area contributed by atoms with Crippen molar-refractivity contribution in [2.24, 2.45) is 5.10 Å². The molecule has 178 valence electrons. The van der Waals surface area contributed by atoms with Crippen molar-refractivity contribution in [3.05, 3.63) is 100 Å². The van der Waals surface area contributed by atoms with Crippen molar-refractivity contribution < 1.29 is 14.3 Å². The summed E-state index contributed by atoms with van der Waals surface area (Å²) in [6, 6.07) is 25.9. The smallest absolute Gasteiger partial charge is 0.259 e. The Morgan fingerprint density at radius 1 is 1.03 bits per heavy atom. The zero-order valence-corrected chi connectivity index (χ0v) is 21.1. The Hall–Kier alpha value is -3.84. The number of rotatable bonds is 9. The summed E-state index contributed by atoms with van der Waals surface area (Å²) in [5, 5.41) is 9.45. The molecule has 0 saturated carbocycles. The Labute approximate surface area is 213 Å². The Balaban J connectivity index is 1.38. The second-order valence-corrected chi connectivity index (χ2v) is 8.83. The maximum absolute atomic E-state index is 12.1. The van der Waals surface area contributed by atoms with Gasteiger partial charge in [0.05, 0.1) is 24.3 Å². The predicted octanol–water partition coefficient (Wildman–Crippen LogP) is 6.06. The summed E-state index contributed by atoms with van der Waals surface area (Å²) in [5.41, 5.74) is 6.40. The minimum absolute atomic E-state index is 0.119. The lowest BCUT2D eigenvalue weighted by Crippen LogP contribution is -2.25. The fraction of sp³-hybridized carbons (Fsp3) is 0.143. The van der Waals surface area contributed by atoms with Gasteiger partial charge in [-0.05, 0) is 69.0 Å². The van der Waals surface area contributed by atoms with Crippen LogP contribution in [0.15, 0.2) is 88.4 Å². The van der Waals surface area contributed by atoms with Crippen LogP contribution < -0.4 is 20.2 Å². The molecule has 0 aliphatic rings. The number of aryl methyl sites for hydroxylation is 1. The highest BCUT2D eigenvalue weighted by atomic mass is 79.9. The van der Waals surface area contributed by atoms with Gasteiger partial charge in [0.25, 0.3) is 5.91 Å². The molecule has 4 aromatic carbocycles. The molecule has 0 atom stereocenters. The fourth-order valence-corrected chi connectivity index (χ4v) is 4.17. The van der Waals surface area contributed by atoms with E-state index in [0.717, 1.165) is 32.2 Å². The summed E-state index contributed by atoms with van der Waals surface area (Å²) in [5.74, 6) is 0.917. The molecule has 0 unspecified atom stereocenters. The molecule has 0 bridgehead atoms. The molecule has 35 heavy (non-hydrogen) atoms. The van der Waals surface area contributed by atoms with E-state index in [1.54, 1.807) is 13.3 Å². The number of nitrogens with one attached hydrogen (secondary N) is 2. The first-order valence-corrected chi connectivity index (χ1v) is 11.9. The zero-order valence-electron chi connectivity index (χ0n) is 19.5. The van der Waals surface area contributed by atoms with Crippen molar-refractivity contribution >= 4 is 44.5 Å². The topological polar surface area (TPSA) is 72.0 Å². The number of halogens is 1. The van der Waals surface area contributed by atoms with Gasteiger partial charge in [-0.1, -0.05) is 60.2 Å². The Morgan fingerprint density at radius 2 is 1.80 bits per heavy atom. The third kappa shape index (κ3) is 6.39. The first kappa shape index (κ1) is 24.3. The summed E-state index contributed by atoms with van der Waals surface area (Å²) in [4.78, 5) is 12.1. The van der Waals surface area contributed by atoms with Crippen LogP contribution in [0.5, 0.6) is 11.5 Å². The van der Waals surface area contributed by atoms with Gasteiger partial charge < -0.3 is 14.8 Å². The number of hydrogen-bond acceptors (Lipinski definition) is 5. The van der Waals surface area contributed by atoms with Gasteiger partial charge in [-0.25, -0.2) is 5.43 Å². The van der Waals surface area contributed by atoms with Crippen LogP contribution in [0.4, 0.5) is 5.69 Å². The van der Waals surface area contributed by atoms with Crippen molar-refractivity contribution in [2.45, 2.75) is 13.5 Å². The van der Waals surface area contributed by atoms with E-state index in [0.29, 0.717) is 18.1 Å². The highest BCUT2D eigenvalue weighted by Gasteiger charge is 2.12. The van der Waals surface area contributed by atoms with E-state index >= 15 is 0 Å². The zero-order chi connectivity index (χ0) is 24.6. The lowest BCUT2D eigenvalue weighted by molar-refractivity contribution is -0.119. The normalized spacial score (nSPS) is 10.9. The molecular formula is C28H26BrN3O3. The van der Waals surface area contributed by atoms with Gasteiger partial charge in [0, 0.05) is 5.69 Å². The van der Waals surface area contributed by atoms with Crippen LogP contribution in [-0.2, 0) is 11.4 Å². The van der Waals surface area contributed by atoms with Crippen LogP contribution in [0.1, 0.15) is 16.7 Å². The van der Waals surface area contributed by atoms with Crippen LogP contribution in [0.3, 0.4) is 0 Å². The SMILES string of the molecule is COc1cc(/C=N\NC(=O)CNc2ccc(C)cc2)cc(Br)c1OCc1cccc2ccccc12. The molecule has 0 aliphatic carbocycles. The number of carbonyl (C=O) groups excluding carboxylic acids is 1. The van der Waals surface area contributed by atoms with Gasteiger partial charge in [-0.3, -0.25) is 4.79 Å². The molecule has 6 nitrogen and oxygen atoms in total. The molecule has 4 aromatic rings. The summed E-state index contributed by atoms with van der Waals surface area (Å²) in [6.07, 6.45) is 1.56. The van der Waals surface area contributed by atoms with E-state index in [2.05, 4.69) is 56.0 Å². The quantitative estimate of drug-likeness (QED) is 0.203. The number of ether oxygens (including phenoxy) is 2. The molecule has 0 fully saturated rings. The molecule has 0 heterocycles. The largest absolute Gasteiger partial charge is 0.493 e. The minimum atomic E-state index is -0.247. The Kier molecular flexibility index (Phi) is 8.00. The number of hydrazone groups is 1. The highest BCUT2D eigenvalue weighted by molar-refractivity contribution is 9.10. The Morgan fingerprint density at radius 3 is 2.60 bits per heavy atom. The highest BCUT2D eigenvalue weighted by Crippen LogP contribution is 2.37. The maximum atomic E-state index is 12.1. The first-order valence-electron chi connectivity index (χ1n) is 11.1. The average molecular weight is 532 g/mol. The maximum Gasteiger partial charge on any atom is 0.259 e. The second-order valence-electron chi connectivity index (χ2n) is 7.97. The summed E-state index contributed by atoms with van der Waals surface area (Å²) < 4.78 is 12.4. The molecule has 0 radical (unpaired) electrons. The van der Waals surface area contributed by atoms with Gasteiger partial charge in [-0.15, -0.1) is 0 Å². The number of hydrogen-bond donors (Lipinski definition) is 2. The standard InChI is InChI=1S/C28H26BrN3O3/c1-19-10-12-23(13-11-19)30-17-27(33)32-31-16-20-14-25(29)28(26(15-20)34-2)35-18-22-8-5-7-21-6-3-4-9-24(21)22/h3-16,30H,17-18H2,1-2H3,(H,32,33)/b31-16-.